The van der Waals surface area contributed by atoms with E-state index in [4.69, 9.17) is 11.6 Å². The number of aliphatic carboxylic acids is 1. The zero-order valence-electron chi connectivity index (χ0n) is 18.4. The van der Waals surface area contributed by atoms with E-state index in [2.05, 4.69) is 48.7 Å². The Labute approximate surface area is 198 Å². The summed E-state index contributed by atoms with van der Waals surface area (Å²) in [6.07, 6.45) is 0. The van der Waals surface area contributed by atoms with Crippen molar-refractivity contribution in [1.29, 1.82) is 0 Å². The number of carboxylic acids is 1. The van der Waals surface area contributed by atoms with Crippen LogP contribution in [0.2, 0.25) is 5.02 Å². The second-order valence-corrected chi connectivity index (χ2v) is 9.85. The Kier molecular flexibility index (Phi) is 6.63. The molecule has 4 rings (SSSR count). The van der Waals surface area contributed by atoms with Crippen LogP contribution in [0.15, 0.2) is 82.6 Å². The van der Waals surface area contributed by atoms with Crippen molar-refractivity contribution in [2.45, 2.75) is 48.9 Å². The molecule has 32 heavy (non-hydrogen) atoms. The lowest BCUT2D eigenvalue weighted by molar-refractivity contribution is -0.138. The van der Waals surface area contributed by atoms with E-state index < -0.39 is 11.9 Å². The van der Waals surface area contributed by atoms with E-state index in [-0.39, 0.29) is 0 Å². The summed E-state index contributed by atoms with van der Waals surface area (Å²) in [5.74, 6) is -1.10. The minimum absolute atomic E-state index is 0.383. The summed E-state index contributed by atoms with van der Waals surface area (Å²) in [4.78, 5) is 14.3. The quantitative estimate of drug-likeness (QED) is 0.304. The number of aromatic nitrogens is 1. The van der Waals surface area contributed by atoms with Crippen molar-refractivity contribution in [1.82, 2.24) is 4.57 Å². The number of halogens is 1. The highest BCUT2D eigenvalue weighted by Gasteiger charge is 2.27. The first-order valence-corrected chi connectivity index (χ1v) is 11.9. The number of fused-ring (bicyclic) bond motifs is 1. The summed E-state index contributed by atoms with van der Waals surface area (Å²) in [7, 11) is 0. The average Bonchev–Trinajstić information content (AvgIpc) is 3.07. The van der Waals surface area contributed by atoms with Crippen LogP contribution in [-0.2, 0) is 11.3 Å². The molecule has 164 valence electrons. The molecule has 1 aromatic heterocycles. The number of rotatable bonds is 7. The van der Waals surface area contributed by atoms with Crippen molar-refractivity contribution in [3.05, 3.63) is 94.6 Å². The minimum atomic E-state index is -0.829. The van der Waals surface area contributed by atoms with Gasteiger partial charge in [-0.2, -0.15) is 0 Å². The second kappa shape index (κ2) is 9.43. The molecule has 3 aromatic carbocycles. The molecule has 0 spiro atoms. The molecule has 0 aliphatic rings. The predicted molar refractivity (Wildman–Crippen MR) is 133 cm³/mol. The molecule has 0 radical (unpaired) electrons. The molecule has 1 N–H and O–H groups in total. The maximum absolute atomic E-state index is 12.2. The highest BCUT2D eigenvalue weighted by molar-refractivity contribution is 7.99. The lowest BCUT2D eigenvalue weighted by Gasteiger charge is -2.16. The molecule has 0 amide bonds. The smallest absolute Gasteiger partial charge is 0.312 e. The fourth-order valence-electron chi connectivity index (χ4n) is 3.92. The van der Waals surface area contributed by atoms with Gasteiger partial charge in [-0.1, -0.05) is 73.6 Å². The van der Waals surface area contributed by atoms with Gasteiger partial charge in [0.2, 0.25) is 0 Å². The van der Waals surface area contributed by atoms with Crippen LogP contribution in [0.4, 0.5) is 0 Å². The Morgan fingerprint density at radius 3 is 2.31 bits per heavy atom. The topological polar surface area (TPSA) is 42.2 Å². The van der Waals surface area contributed by atoms with E-state index in [9.17, 15) is 9.90 Å². The molecule has 0 aliphatic carbocycles. The molecule has 0 aliphatic heterocycles. The molecule has 4 aromatic rings. The Morgan fingerprint density at radius 1 is 1.00 bits per heavy atom. The number of hydrogen-bond donors (Lipinski definition) is 1. The third-order valence-corrected chi connectivity index (χ3v) is 7.14. The van der Waals surface area contributed by atoms with Gasteiger partial charge in [-0.15, -0.1) is 0 Å². The van der Waals surface area contributed by atoms with Crippen LogP contribution < -0.4 is 0 Å². The first-order valence-electron chi connectivity index (χ1n) is 10.7. The molecule has 5 heteroatoms. The van der Waals surface area contributed by atoms with Gasteiger partial charge in [0.15, 0.2) is 0 Å². The van der Waals surface area contributed by atoms with Crippen LogP contribution in [-0.4, -0.2) is 15.6 Å². The molecular formula is C27H26ClNO2S. The van der Waals surface area contributed by atoms with Gasteiger partial charge in [-0.3, -0.25) is 4.79 Å². The van der Waals surface area contributed by atoms with Crippen molar-refractivity contribution in [2.75, 3.05) is 0 Å². The van der Waals surface area contributed by atoms with Crippen LogP contribution in [0.1, 0.15) is 49.4 Å². The van der Waals surface area contributed by atoms with Crippen LogP contribution in [0.5, 0.6) is 0 Å². The van der Waals surface area contributed by atoms with Crippen molar-refractivity contribution < 1.29 is 9.90 Å². The standard InChI is InChI=1S/C27H26ClNO2S/c1-17(2)20-11-14-24-23(15-20)26(32-22-7-5-4-6-8-22)25(18(3)27(30)31)29(24)16-19-9-12-21(28)13-10-19/h4-15,17-18H,16H2,1-3H3,(H,30,31). The van der Waals surface area contributed by atoms with E-state index >= 15 is 0 Å². The van der Waals surface area contributed by atoms with Crippen molar-refractivity contribution in [2.24, 2.45) is 0 Å². The highest BCUT2D eigenvalue weighted by atomic mass is 35.5. The number of nitrogens with zero attached hydrogens (tertiary/aromatic N) is 1. The van der Waals surface area contributed by atoms with Gasteiger partial charge in [0, 0.05) is 38.0 Å². The van der Waals surface area contributed by atoms with Gasteiger partial charge < -0.3 is 9.67 Å². The maximum Gasteiger partial charge on any atom is 0.312 e. The largest absolute Gasteiger partial charge is 0.481 e. The minimum Gasteiger partial charge on any atom is -0.481 e. The molecule has 0 saturated heterocycles. The zero-order chi connectivity index (χ0) is 22.8. The highest BCUT2D eigenvalue weighted by Crippen LogP contribution is 2.43. The second-order valence-electron chi connectivity index (χ2n) is 8.33. The van der Waals surface area contributed by atoms with Gasteiger partial charge in [-0.05, 0) is 60.4 Å². The predicted octanol–water partition coefficient (Wildman–Crippen LogP) is 7.81. The van der Waals surface area contributed by atoms with Crippen LogP contribution in [0.25, 0.3) is 10.9 Å². The summed E-state index contributed by atoms with van der Waals surface area (Å²) < 4.78 is 2.16. The van der Waals surface area contributed by atoms with Crippen molar-refractivity contribution in [3.63, 3.8) is 0 Å². The van der Waals surface area contributed by atoms with Gasteiger partial charge >= 0.3 is 5.97 Å². The fourth-order valence-corrected chi connectivity index (χ4v) is 5.24. The third kappa shape index (κ3) is 4.57. The van der Waals surface area contributed by atoms with Gasteiger partial charge in [0.05, 0.1) is 5.92 Å². The Balaban J connectivity index is 1.97. The first kappa shape index (κ1) is 22.5. The maximum atomic E-state index is 12.2. The Bertz CT molecular complexity index is 1250. The van der Waals surface area contributed by atoms with Crippen molar-refractivity contribution >= 4 is 40.2 Å². The van der Waals surface area contributed by atoms with Crippen LogP contribution in [0, 0.1) is 0 Å². The average molecular weight is 464 g/mol. The van der Waals surface area contributed by atoms with E-state index in [1.54, 1.807) is 18.7 Å². The van der Waals surface area contributed by atoms with E-state index in [0.717, 1.165) is 32.0 Å². The summed E-state index contributed by atoms with van der Waals surface area (Å²) in [5.41, 5.74) is 4.20. The fraction of sp³-hybridized carbons (Fsp3) is 0.222. The van der Waals surface area contributed by atoms with Crippen LogP contribution in [0.3, 0.4) is 0 Å². The lowest BCUT2D eigenvalue weighted by Crippen LogP contribution is -2.14. The number of hydrogen-bond acceptors (Lipinski definition) is 2. The number of benzene rings is 3. The zero-order valence-corrected chi connectivity index (χ0v) is 20.0. The van der Waals surface area contributed by atoms with E-state index in [1.165, 1.54) is 5.56 Å². The summed E-state index contributed by atoms with van der Waals surface area (Å²) in [5, 5.41) is 11.8. The van der Waals surface area contributed by atoms with Gasteiger partial charge in [0.1, 0.15) is 0 Å². The first-order chi connectivity index (χ1) is 15.3. The Morgan fingerprint density at radius 2 is 1.69 bits per heavy atom. The Hall–Kier alpha value is -2.69. The van der Waals surface area contributed by atoms with Gasteiger partial charge in [-0.25, -0.2) is 0 Å². The molecule has 1 heterocycles. The van der Waals surface area contributed by atoms with Gasteiger partial charge in [0.25, 0.3) is 0 Å². The normalized spacial score (nSPS) is 12.4. The summed E-state index contributed by atoms with van der Waals surface area (Å²) in [6.45, 7) is 6.71. The number of carbonyl (C=O) groups is 1. The van der Waals surface area contributed by atoms with Crippen molar-refractivity contribution in [3.8, 4) is 0 Å². The molecule has 0 bridgehead atoms. The summed E-state index contributed by atoms with van der Waals surface area (Å²) in [6, 6.07) is 24.4. The monoisotopic (exact) mass is 463 g/mol. The van der Waals surface area contributed by atoms with E-state index in [1.807, 2.05) is 42.5 Å². The molecule has 1 unspecified atom stereocenters. The SMILES string of the molecule is CC(C)c1ccc2c(c1)c(Sc1ccccc1)c(C(C)C(=O)O)n2Cc1ccc(Cl)cc1. The summed E-state index contributed by atoms with van der Waals surface area (Å²) >= 11 is 7.72. The van der Waals surface area contributed by atoms with E-state index in [0.29, 0.717) is 17.5 Å². The molecular weight excluding hydrogens is 438 g/mol. The third-order valence-electron chi connectivity index (χ3n) is 5.74. The molecule has 3 nitrogen and oxygen atoms in total. The molecule has 0 saturated carbocycles. The lowest BCUT2D eigenvalue weighted by atomic mass is 10.0. The number of carboxylic acid groups (broad SMARTS) is 1. The van der Waals surface area contributed by atoms with Crippen LogP contribution >= 0.6 is 23.4 Å². The molecule has 1 atom stereocenters. The molecule has 0 fully saturated rings.